The maximum Gasteiger partial charge on any atom is 0.326 e. The Labute approximate surface area is 138 Å². The van der Waals surface area contributed by atoms with E-state index < -0.39 is 17.9 Å². The lowest BCUT2D eigenvalue weighted by Crippen LogP contribution is -2.45. The fourth-order valence-electron chi connectivity index (χ4n) is 2.07. The number of hydrogen-bond donors (Lipinski definition) is 2. The summed E-state index contributed by atoms with van der Waals surface area (Å²) < 4.78 is 5.14. The minimum atomic E-state index is -1.08. The number of halogens is 1. The molecule has 6 nitrogen and oxygen atoms in total. The number of hydrogen-bond acceptors (Lipinski definition) is 4. The van der Waals surface area contributed by atoms with Crippen molar-refractivity contribution in [1.82, 2.24) is 10.5 Å². The van der Waals surface area contributed by atoms with Gasteiger partial charge in [0.15, 0.2) is 11.5 Å². The SMILES string of the molecule is CCC(C)C(NC(=O)c1cc(-c2ccccc2Cl)on1)C(=O)O. The molecule has 2 atom stereocenters. The average Bonchev–Trinajstić information content (AvgIpc) is 3.01. The third-order valence-corrected chi connectivity index (χ3v) is 3.98. The van der Waals surface area contributed by atoms with E-state index in [0.717, 1.165) is 0 Å². The Hall–Kier alpha value is -2.34. The number of amides is 1. The summed E-state index contributed by atoms with van der Waals surface area (Å²) in [6.45, 7) is 3.62. The number of rotatable bonds is 6. The lowest BCUT2D eigenvalue weighted by atomic mass is 9.99. The molecule has 0 fully saturated rings. The van der Waals surface area contributed by atoms with E-state index in [0.29, 0.717) is 22.8 Å². The standard InChI is InChI=1S/C16H17ClN2O4/c1-3-9(2)14(16(21)22)18-15(20)12-8-13(23-19-12)10-6-4-5-7-11(10)17/h4-9,14H,3H2,1-2H3,(H,18,20)(H,21,22). The number of carbonyl (C=O) groups is 2. The topological polar surface area (TPSA) is 92.4 Å². The Morgan fingerprint density at radius 2 is 2.09 bits per heavy atom. The zero-order chi connectivity index (χ0) is 17.0. The predicted octanol–water partition coefficient (Wildman–Crippen LogP) is 3.22. The minimum absolute atomic E-state index is 0.00877. The Kier molecular flexibility index (Phi) is 5.39. The Morgan fingerprint density at radius 3 is 2.70 bits per heavy atom. The van der Waals surface area contributed by atoms with E-state index in [2.05, 4.69) is 10.5 Å². The zero-order valence-electron chi connectivity index (χ0n) is 12.7. The number of nitrogens with zero attached hydrogens (tertiary/aromatic N) is 1. The highest BCUT2D eigenvalue weighted by molar-refractivity contribution is 6.33. The Bertz CT molecular complexity index is 714. The molecule has 2 aromatic rings. The first-order valence-electron chi connectivity index (χ1n) is 7.19. The van der Waals surface area contributed by atoms with Crippen LogP contribution < -0.4 is 5.32 Å². The van der Waals surface area contributed by atoms with Crippen LogP contribution >= 0.6 is 11.6 Å². The molecule has 0 aliphatic carbocycles. The zero-order valence-corrected chi connectivity index (χ0v) is 13.5. The first-order valence-corrected chi connectivity index (χ1v) is 7.57. The number of aliphatic carboxylic acids is 1. The van der Waals surface area contributed by atoms with Crippen molar-refractivity contribution in [2.24, 2.45) is 5.92 Å². The Balaban J connectivity index is 2.18. The van der Waals surface area contributed by atoms with Gasteiger partial charge in [-0.2, -0.15) is 0 Å². The molecule has 2 unspecified atom stereocenters. The molecule has 23 heavy (non-hydrogen) atoms. The maximum absolute atomic E-state index is 12.2. The number of aromatic nitrogens is 1. The maximum atomic E-state index is 12.2. The molecular weight excluding hydrogens is 320 g/mol. The van der Waals surface area contributed by atoms with E-state index in [9.17, 15) is 14.7 Å². The Morgan fingerprint density at radius 1 is 1.39 bits per heavy atom. The highest BCUT2D eigenvalue weighted by Crippen LogP contribution is 2.27. The van der Waals surface area contributed by atoms with Gasteiger partial charge < -0.3 is 14.9 Å². The molecule has 0 radical (unpaired) electrons. The third-order valence-electron chi connectivity index (χ3n) is 3.65. The van der Waals surface area contributed by atoms with Crippen LogP contribution in [0.5, 0.6) is 0 Å². The van der Waals surface area contributed by atoms with E-state index >= 15 is 0 Å². The van der Waals surface area contributed by atoms with Gasteiger partial charge in [-0.1, -0.05) is 49.2 Å². The van der Waals surface area contributed by atoms with Crippen LogP contribution in [-0.4, -0.2) is 28.2 Å². The molecule has 1 aromatic carbocycles. The highest BCUT2D eigenvalue weighted by atomic mass is 35.5. The van der Waals surface area contributed by atoms with Gasteiger partial charge in [-0.25, -0.2) is 4.79 Å². The van der Waals surface area contributed by atoms with Gasteiger partial charge >= 0.3 is 5.97 Å². The lowest BCUT2D eigenvalue weighted by Gasteiger charge is -2.19. The summed E-state index contributed by atoms with van der Waals surface area (Å²) in [5.74, 6) is -1.54. The molecule has 1 aromatic heterocycles. The molecule has 2 N–H and O–H groups in total. The summed E-state index contributed by atoms with van der Waals surface area (Å²) in [5.41, 5.74) is 0.618. The molecule has 0 aliphatic rings. The van der Waals surface area contributed by atoms with Gasteiger partial charge in [0, 0.05) is 11.6 Å². The summed E-state index contributed by atoms with van der Waals surface area (Å²) in [7, 11) is 0. The van der Waals surface area contributed by atoms with Gasteiger partial charge in [-0.05, 0) is 18.1 Å². The number of carboxylic acids is 1. The molecule has 0 aliphatic heterocycles. The van der Waals surface area contributed by atoms with Crippen molar-refractivity contribution in [3.8, 4) is 11.3 Å². The normalized spacial score (nSPS) is 13.3. The number of carbonyl (C=O) groups excluding carboxylic acids is 1. The van der Waals surface area contributed by atoms with Gasteiger partial charge in [0.2, 0.25) is 0 Å². The van der Waals surface area contributed by atoms with E-state index in [1.54, 1.807) is 31.2 Å². The van der Waals surface area contributed by atoms with Crippen LogP contribution in [0, 0.1) is 5.92 Å². The van der Waals surface area contributed by atoms with Gasteiger partial charge in [-0.15, -0.1) is 0 Å². The van der Waals surface area contributed by atoms with Gasteiger partial charge in [0.1, 0.15) is 6.04 Å². The largest absolute Gasteiger partial charge is 0.480 e. The van der Waals surface area contributed by atoms with Crippen molar-refractivity contribution in [2.75, 3.05) is 0 Å². The van der Waals surface area contributed by atoms with Crippen LogP contribution in [-0.2, 0) is 4.79 Å². The van der Waals surface area contributed by atoms with Crippen LogP contribution in [0.3, 0.4) is 0 Å². The van der Waals surface area contributed by atoms with E-state index in [1.165, 1.54) is 6.07 Å². The third kappa shape index (κ3) is 3.90. The molecule has 0 saturated heterocycles. The average molecular weight is 337 g/mol. The van der Waals surface area contributed by atoms with Crippen molar-refractivity contribution in [2.45, 2.75) is 26.3 Å². The fourth-order valence-corrected chi connectivity index (χ4v) is 2.30. The van der Waals surface area contributed by atoms with Gasteiger partial charge in [0.05, 0.1) is 5.02 Å². The quantitative estimate of drug-likeness (QED) is 0.844. The van der Waals surface area contributed by atoms with Crippen LogP contribution in [0.2, 0.25) is 5.02 Å². The van der Waals surface area contributed by atoms with Crippen molar-refractivity contribution < 1.29 is 19.2 Å². The number of nitrogens with one attached hydrogen (secondary N) is 1. The molecule has 0 bridgehead atoms. The summed E-state index contributed by atoms with van der Waals surface area (Å²) in [6, 6.07) is 7.46. The first-order chi connectivity index (χ1) is 10.9. The summed E-state index contributed by atoms with van der Waals surface area (Å²) in [6.07, 6.45) is 0.626. The molecular formula is C16H17ClN2O4. The molecule has 2 rings (SSSR count). The fraction of sp³-hybridized carbons (Fsp3) is 0.312. The van der Waals surface area contributed by atoms with E-state index in [4.69, 9.17) is 16.1 Å². The summed E-state index contributed by atoms with van der Waals surface area (Å²) >= 11 is 6.07. The van der Waals surface area contributed by atoms with Crippen molar-refractivity contribution in [3.05, 3.63) is 41.0 Å². The van der Waals surface area contributed by atoms with Gasteiger partial charge in [-0.3, -0.25) is 4.79 Å². The molecule has 7 heteroatoms. The number of benzene rings is 1. The van der Waals surface area contributed by atoms with Crippen LogP contribution in [0.15, 0.2) is 34.9 Å². The van der Waals surface area contributed by atoms with Crippen molar-refractivity contribution in [1.29, 1.82) is 0 Å². The van der Waals surface area contributed by atoms with Crippen LogP contribution in [0.25, 0.3) is 11.3 Å². The minimum Gasteiger partial charge on any atom is -0.480 e. The van der Waals surface area contributed by atoms with Crippen molar-refractivity contribution in [3.63, 3.8) is 0 Å². The van der Waals surface area contributed by atoms with Crippen molar-refractivity contribution >= 4 is 23.5 Å². The monoisotopic (exact) mass is 336 g/mol. The lowest BCUT2D eigenvalue weighted by molar-refractivity contribution is -0.140. The molecule has 0 saturated carbocycles. The predicted molar refractivity (Wildman–Crippen MR) is 85.3 cm³/mol. The first kappa shape index (κ1) is 17.0. The highest BCUT2D eigenvalue weighted by Gasteiger charge is 2.27. The molecule has 1 heterocycles. The molecule has 0 spiro atoms. The summed E-state index contributed by atoms with van der Waals surface area (Å²) in [4.78, 5) is 23.4. The number of carboxylic acid groups (broad SMARTS) is 1. The van der Waals surface area contributed by atoms with E-state index in [1.807, 2.05) is 6.92 Å². The summed E-state index contributed by atoms with van der Waals surface area (Å²) in [5, 5.41) is 15.8. The second-order valence-electron chi connectivity index (χ2n) is 5.23. The van der Waals surface area contributed by atoms with Gasteiger partial charge in [0.25, 0.3) is 5.91 Å². The molecule has 1 amide bonds. The second kappa shape index (κ2) is 7.28. The van der Waals surface area contributed by atoms with Crippen LogP contribution in [0.1, 0.15) is 30.8 Å². The molecule has 122 valence electrons. The van der Waals surface area contributed by atoms with Crippen LogP contribution in [0.4, 0.5) is 0 Å². The smallest absolute Gasteiger partial charge is 0.326 e. The second-order valence-corrected chi connectivity index (χ2v) is 5.64. The van der Waals surface area contributed by atoms with E-state index in [-0.39, 0.29) is 11.6 Å².